The molecule has 1 radical (unpaired) electrons. The van der Waals surface area contributed by atoms with E-state index in [1.54, 1.807) is 7.05 Å². The van der Waals surface area contributed by atoms with Crippen molar-refractivity contribution in [1.82, 2.24) is 18.7 Å². The summed E-state index contributed by atoms with van der Waals surface area (Å²) in [5.74, 6) is 0. The summed E-state index contributed by atoms with van der Waals surface area (Å²) < 4.78 is 3.80. The second kappa shape index (κ2) is 3.85. The fraction of sp³-hybridized carbons (Fsp3) is 0.400. The van der Waals surface area contributed by atoms with Crippen LogP contribution in [0.4, 0.5) is 0 Å². The molecule has 2 rings (SSSR count). The van der Waals surface area contributed by atoms with Gasteiger partial charge < -0.3 is 9.67 Å². The van der Waals surface area contributed by atoms with Gasteiger partial charge in [0.25, 0.3) is 5.56 Å². The molecule has 91 valence electrons. The summed E-state index contributed by atoms with van der Waals surface area (Å²) >= 11 is 0. The highest BCUT2D eigenvalue weighted by atomic mass is 16.3. The molecular formula is C10H13N4O3. The minimum Gasteiger partial charge on any atom is -0.391 e. The van der Waals surface area contributed by atoms with Crippen LogP contribution in [0.2, 0.25) is 0 Å². The van der Waals surface area contributed by atoms with Gasteiger partial charge in [0, 0.05) is 14.1 Å². The third-order valence-electron chi connectivity index (χ3n) is 2.62. The number of aryl methyl sites for hydroxylation is 1. The number of aliphatic hydroxyl groups excluding tert-OH is 1. The van der Waals surface area contributed by atoms with Crippen LogP contribution in [0.25, 0.3) is 11.2 Å². The summed E-state index contributed by atoms with van der Waals surface area (Å²) in [5, 5.41) is 9.23. The van der Waals surface area contributed by atoms with Gasteiger partial charge in [-0.25, -0.2) is 9.78 Å². The molecule has 2 aromatic heterocycles. The zero-order valence-corrected chi connectivity index (χ0v) is 9.62. The summed E-state index contributed by atoms with van der Waals surface area (Å²) in [7, 11) is 2.95. The van der Waals surface area contributed by atoms with Crippen molar-refractivity contribution in [2.24, 2.45) is 14.1 Å². The van der Waals surface area contributed by atoms with Gasteiger partial charge in [-0.3, -0.25) is 13.9 Å². The third kappa shape index (κ3) is 1.68. The number of hydrogen-bond acceptors (Lipinski definition) is 4. The van der Waals surface area contributed by atoms with Crippen LogP contribution in [0.5, 0.6) is 0 Å². The molecule has 2 heterocycles. The molecule has 1 N–H and O–H groups in total. The van der Waals surface area contributed by atoms with E-state index < -0.39 is 17.4 Å². The Morgan fingerprint density at radius 1 is 1.41 bits per heavy atom. The maximum Gasteiger partial charge on any atom is 0.332 e. The first-order valence-electron chi connectivity index (χ1n) is 5.05. The molecule has 0 bridgehead atoms. The standard InChI is InChI=1S/C10H13N4O3/c1-6(15)4-14-5-11-8-7(14)9(16)13(3)10(17)12(8)2/h5-6,15H,1,4H2,2-3H3. The molecule has 0 fully saturated rings. The minimum absolute atomic E-state index is 0.157. The average Bonchev–Trinajstić information content (AvgIpc) is 2.66. The van der Waals surface area contributed by atoms with Crippen LogP contribution in [-0.2, 0) is 20.6 Å². The van der Waals surface area contributed by atoms with E-state index in [0.717, 1.165) is 4.57 Å². The van der Waals surface area contributed by atoms with Crippen LogP contribution in [-0.4, -0.2) is 29.9 Å². The first kappa shape index (κ1) is 11.6. The Balaban J connectivity index is 2.86. The summed E-state index contributed by atoms with van der Waals surface area (Å²) in [5.41, 5.74) is -0.264. The molecule has 0 aliphatic carbocycles. The van der Waals surface area contributed by atoms with Gasteiger partial charge in [-0.2, -0.15) is 0 Å². The maximum atomic E-state index is 12.0. The fourth-order valence-electron chi connectivity index (χ4n) is 1.76. The number of hydrogen-bond donors (Lipinski definition) is 1. The lowest BCUT2D eigenvalue weighted by Gasteiger charge is -2.07. The van der Waals surface area contributed by atoms with Crippen LogP contribution >= 0.6 is 0 Å². The van der Waals surface area contributed by atoms with Crippen molar-refractivity contribution in [2.45, 2.75) is 12.6 Å². The van der Waals surface area contributed by atoms with Crippen molar-refractivity contribution in [1.29, 1.82) is 0 Å². The van der Waals surface area contributed by atoms with Crippen LogP contribution in [0.1, 0.15) is 0 Å². The zero-order chi connectivity index (χ0) is 12.7. The first-order chi connectivity index (χ1) is 7.93. The molecule has 0 saturated carbocycles. The minimum atomic E-state index is -0.839. The van der Waals surface area contributed by atoms with Crippen LogP contribution in [0.3, 0.4) is 0 Å². The molecule has 1 atom stereocenters. The Kier molecular flexibility index (Phi) is 2.62. The van der Waals surface area contributed by atoms with Gasteiger partial charge in [0.15, 0.2) is 11.2 Å². The number of rotatable bonds is 2. The Bertz CT molecular complexity index is 677. The summed E-state index contributed by atoms with van der Waals surface area (Å²) in [6.45, 7) is 3.60. The molecule has 0 spiro atoms. The smallest absolute Gasteiger partial charge is 0.332 e. The number of fused-ring (bicyclic) bond motifs is 1. The van der Waals surface area contributed by atoms with Gasteiger partial charge in [0.2, 0.25) is 0 Å². The zero-order valence-electron chi connectivity index (χ0n) is 9.62. The van der Waals surface area contributed by atoms with E-state index in [1.165, 1.54) is 22.5 Å². The summed E-state index contributed by atoms with van der Waals surface area (Å²) in [6.07, 6.45) is 0.578. The van der Waals surface area contributed by atoms with Crippen molar-refractivity contribution < 1.29 is 5.11 Å². The lowest BCUT2D eigenvalue weighted by molar-refractivity contribution is 0.200. The summed E-state index contributed by atoms with van der Waals surface area (Å²) in [4.78, 5) is 27.6. The average molecular weight is 237 g/mol. The quantitative estimate of drug-likeness (QED) is 0.698. The maximum absolute atomic E-state index is 12.0. The van der Waals surface area contributed by atoms with E-state index in [2.05, 4.69) is 11.9 Å². The molecule has 7 heteroatoms. The molecule has 17 heavy (non-hydrogen) atoms. The van der Waals surface area contributed by atoms with Crippen molar-refractivity contribution in [3.05, 3.63) is 34.1 Å². The Morgan fingerprint density at radius 3 is 2.65 bits per heavy atom. The molecular weight excluding hydrogens is 224 g/mol. The SMILES string of the molecule is [CH2]C(O)Cn1cnc2c1c(=O)n(C)c(=O)n2C. The van der Waals surface area contributed by atoms with Crippen molar-refractivity contribution in [2.75, 3.05) is 0 Å². The molecule has 0 amide bonds. The van der Waals surface area contributed by atoms with Crippen LogP contribution < -0.4 is 11.2 Å². The Hall–Kier alpha value is -1.89. The highest BCUT2D eigenvalue weighted by Gasteiger charge is 2.14. The van der Waals surface area contributed by atoms with Gasteiger partial charge in [0.05, 0.1) is 19.0 Å². The van der Waals surface area contributed by atoms with Gasteiger partial charge in [-0.05, 0) is 6.92 Å². The topological polar surface area (TPSA) is 82.1 Å². The predicted molar refractivity (Wildman–Crippen MR) is 61.6 cm³/mol. The largest absolute Gasteiger partial charge is 0.391 e. The van der Waals surface area contributed by atoms with E-state index >= 15 is 0 Å². The molecule has 0 aromatic carbocycles. The normalized spacial score (nSPS) is 13.2. The molecule has 2 aromatic rings. The van der Waals surface area contributed by atoms with Crippen molar-refractivity contribution in [3.8, 4) is 0 Å². The van der Waals surface area contributed by atoms with Crippen LogP contribution in [0.15, 0.2) is 15.9 Å². The monoisotopic (exact) mass is 237 g/mol. The lowest BCUT2D eigenvalue weighted by atomic mass is 10.4. The molecule has 0 aliphatic heterocycles. The molecule has 0 saturated heterocycles. The molecule has 1 unspecified atom stereocenters. The lowest BCUT2D eigenvalue weighted by Crippen LogP contribution is -2.37. The van der Waals surface area contributed by atoms with Gasteiger partial charge >= 0.3 is 5.69 Å². The number of imidazole rings is 1. The second-order valence-corrected chi connectivity index (χ2v) is 3.93. The molecule has 7 nitrogen and oxygen atoms in total. The third-order valence-corrected chi connectivity index (χ3v) is 2.62. The van der Waals surface area contributed by atoms with Gasteiger partial charge in [-0.15, -0.1) is 0 Å². The Labute approximate surface area is 96.6 Å². The van der Waals surface area contributed by atoms with Gasteiger partial charge in [0.1, 0.15) is 0 Å². The van der Waals surface area contributed by atoms with E-state index in [4.69, 9.17) is 0 Å². The van der Waals surface area contributed by atoms with Crippen molar-refractivity contribution in [3.63, 3.8) is 0 Å². The predicted octanol–water partition coefficient (Wildman–Crippen LogP) is -1.37. The van der Waals surface area contributed by atoms with E-state index in [9.17, 15) is 14.7 Å². The first-order valence-corrected chi connectivity index (χ1v) is 5.05. The highest BCUT2D eigenvalue weighted by Crippen LogP contribution is 2.05. The highest BCUT2D eigenvalue weighted by molar-refractivity contribution is 5.69. The number of aromatic nitrogens is 4. The summed E-state index contributed by atoms with van der Waals surface area (Å²) in [6, 6.07) is 0. The van der Waals surface area contributed by atoms with E-state index in [-0.39, 0.29) is 12.1 Å². The molecule has 0 aliphatic rings. The van der Waals surface area contributed by atoms with Crippen molar-refractivity contribution >= 4 is 11.2 Å². The number of nitrogens with zero attached hydrogens (tertiary/aromatic N) is 4. The fourth-order valence-corrected chi connectivity index (χ4v) is 1.76. The van der Waals surface area contributed by atoms with E-state index in [0.29, 0.717) is 5.65 Å². The van der Waals surface area contributed by atoms with Gasteiger partial charge in [-0.1, -0.05) is 0 Å². The van der Waals surface area contributed by atoms with Crippen LogP contribution in [0, 0.1) is 6.92 Å². The second-order valence-electron chi connectivity index (χ2n) is 3.93. The Morgan fingerprint density at radius 2 is 2.06 bits per heavy atom. The number of aliphatic hydroxyl groups is 1. The van der Waals surface area contributed by atoms with E-state index in [1.807, 2.05) is 0 Å².